The molecule has 0 aliphatic carbocycles. The maximum Gasteiger partial charge on any atom is 0.0665 e. The van der Waals surface area contributed by atoms with E-state index in [1.807, 2.05) is 18.2 Å². The number of nitrogens with zero attached hydrogens (tertiary/aromatic N) is 1. The summed E-state index contributed by atoms with van der Waals surface area (Å²) in [5, 5.41) is 0.772. The van der Waals surface area contributed by atoms with E-state index in [4.69, 9.17) is 17.3 Å². The quantitative estimate of drug-likeness (QED) is 0.921. The van der Waals surface area contributed by atoms with Gasteiger partial charge in [0.1, 0.15) is 0 Å². The number of benzene rings is 2. The van der Waals surface area contributed by atoms with Crippen molar-refractivity contribution in [3.05, 3.63) is 64.7 Å². The number of fused-ring (bicyclic) bond motifs is 1. The van der Waals surface area contributed by atoms with Crippen molar-refractivity contribution in [3.63, 3.8) is 0 Å². The van der Waals surface area contributed by atoms with Crippen LogP contribution in [-0.2, 0) is 6.42 Å². The average Bonchev–Trinajstić information content (AvgIpc) is 2.71. The van der Waals surface area contributed by atoms with E-state index in [9.17, 15) is 0 Å². The summed E-state index contributed by atoms with van der Waals surface area (Å²) in [6, 6.07) is 16.9. The minimum atomic E-state index is 0.183. The molecule has 2 aromatic rings. The lowest BCUT2D eigenvalue weighted by atomic mass is 10.0. The standard InChI is InChI=1S/C18H21ClN2/c19-16-9-5-8-15(12-16)18(13-20)21-11-4-3-7-14-6-1-2-10-17(14)21/h1-2,5-6,8-10,12,18H,3-4,7,11,13,20H2. The van der Waals surface area contributed by atoms with Gasteiger partial charge in [0.05, 0.1) is 6.04 Å². The van der Waals surface area contributed by atoms with Crippen LogP contribution in [0.2, 0.25) is 5.02 Å². The molecule has 110 valence electrons. The Morgan fingerprint density at radius 3 is 2.76 bits per heavy atom. The number of aryl methyl sites for hydroxylation is 1. The molecule has 0 saturated carbocycles. The van der Waals surface area contributed by atoms with Crippen molar-refractivity contribution >= 4 is 17.3 Å². The highest BCUT2D eigenvalue weighted by molar-refractivity contribution is 6.30. The minimum absolute atomic E-state index is 0.183. The van der Waals surface area contributed by atoms with Gasteiger partial charge < -0.3 is 10.6 Å². The molecule has 1 heterocycles. The van der Waals surface area contributed by atoms with Crippen molar-refractivity contribution in [2.45, 2.75) is 25.3 Å². The smallest absolute Gasteiger partial charge is 0.0665 e. The summed E-state index contributed by atoms with van der Waals surface area (Å²) in [6.45, 7) is 1.64. The van der Waals surface area contributed by atoms with Gasteiger partial charge in [-0.2, -0.15) is 0 Å². The van der Waals surface area contributed by atoms with Gasteiger partial charge in [-0.25, -0.2) is 0 Å². The van der Waals surface area contributed by atoms with Gasteiger partial charge in [0.25, 0.3) is 0 Å². The van der Waals surface area contributed by atoms with Crippen LogP contribution in [0.15, 0.2) is 48.5 Å². The third kappa shape index (κ3) is 3.07. The lowest BCUT2D eigenvalue weighted by molar-refractivity contribution is 0.611. The highest BCUT2D eigenvalue weighted by atomic mass is 35.5. The summed E-state index contributed by atoms with van der Waals surface area (Å²) in [5.74, 6) is 0. The molecule has 0 amide bonds. The molecule has 0 fully saturated rings. The Kier molecular flexibility index (Phi) is 4.47. The summed E-state index contributed by atoms with van der Waals surface area (Å²) in [6.07, 6.45) is 3.59. The third-order valence-corrected chi connectivity index (χ3v) is 4.46. The second-order valence-electron chi connectivity index (χ2n) is 5.59. The molecule has 3 rings (SSSR count). The number of rotatable bonds is 3. The maximum absolute atomic E-state index is 6.16. The fourth-order valence-electron chi connectivity index (χ4n) is 3.20. The third-order valence-electron chi connectivity index (χ3n) is 4.23. The van der Waals surface area contributed by atoms with Gasteiger partial charge in [0.15, 0.2) is 0 Å². The summed E-state index contributed by atoms with van der Waals surface area (Å²) >= 11 is 6.16. The highest BCUT2D eigenvalue weighted by Gasteiger charge is 2.23. The molecule has 0 radical (unpaired) electrons. The zero-order valence-corrected chi connectivity index (χ0v) is 12.9. The predicted octanol–water partition coefficient (Wildman–Crippen LogP) is 4.18. The first-order chi connectivity index (χ1) is 10.3. The summed E-state index contributed by atoms with van der Waals surface area (Å²) < 4.78 is 0. The molecular formula is C18H21ClN2. The first kappa shape index (κ1) is 14.4. The molecule has 2 aromatic carbocycles. The van der Waals surface area contributed by atoms with E-state index in [1.165, 1.54) is 29.7 Å². The molecule has 1 aliphatic rings. The van der Waals surface area contributed by atoms with Crippen molar-refractivity contribution in [2.24, 2.45) is 5.73 Å². The Morgan fingerprint density at radius 1 is 1.10 bits per heavy atom. The van der Waals surface area contributed by atoms with E-state index in [0.29, 0.717) is 6.54 Å². The van der Waals surface area contributed by atoms with Gasteiger partial charge in [-0.3, -0.25) is 0 Å². The molecule has 1 aliphatic heterocycles. The second-order valence-corrected chi connectivity index (χ2v) is 6.02. The highest BCUT2D eigenvalue weighted by Crippen LogP contribution is 2.33. The molecule has 0 saturated heterocycles. The lowest BCUT2D eigenvalue weighted by Crippen LogP contribution is -2.34. The molecule has 1 atom stereocenters. The van der Waals surface area contributed by atoms with E-state index in [-0.39, 0.29) is 6.04 Å². The summed E-state index contributed by atoms with van der Waals surface area (Å²) in [4.78, 5) is 2.45. The zero-order valence-electron chi connectivity index (χ0n) is 12.1. The van der Waals surface area contributed by atoms with Crippen LogP contribution in [0.4, 0.5) is 5.69 Å². The molecular weight excluding hydrogens is 280 g/mol. The van der Waals surface area contributed by atoms with Crippen LogP contribution < -0.4 is 10.6 Å². The molecule has 3 heteroatoms. The fourth-order valence-corrected chi connectivity index (χ4v) is 3.40. The normalized spacial score (nSPS) is 16.2. The molecule has 1 unspecified atom stereocenters. The molecule has 0 aromatic heterocycles. The number of hydrogen-bond donors (Lipinski definition) is 1. The lowest BCUT2D eigenvalue weighted by Gasteiger charge is -2.33. The van der Waals surface area contributed by atoms with Gasteiger partial charge >= 0.3 is 0 Å². The number of para-hydroxylation sites is 1. The number of hydrogen-bond acceptors (Lipinski definition) is 2. The SMILES string of the molecule is NCC(c1cccc(Cl)c1)N1CCCCc2ccccc21. The van der Waals surface area contributed by atoms with Crippen molar-refractivity contribution in [1.29, 1.82) is 0 Å². The van der Waals surface area contributed by atoms with Gasteiger partial charge in [-0.1, -0.05) is 41.9 Å². The van der Waals surface area contributed by atoms with Crippen LogP contribution in [0.3, 0.4) is 0 Å². The van der Waals surface area contributed by atoms with Crippen LogP contribution in [0.5, 0.6) is 0 Å². The van der Waals surface area contributed by atoms with E-state index in [1.54, 1.807) is 0 Å². The predicted molar refractivity (Wildman–Crippen MR) is 90.0 cm³/mol. The average molecular weight is 301 g/mol. The van der Waals surface area contributed by atoms with Crippen molar-refractivity contribution in [2.75, 3.05) is 18.0 Å². The Morgan fingerprint density at radius 2 is 1.95 bits per heavy atom. The van der Waals surface area contributed by atoms with Gasteiger partial charge in [0.2, 0.25) is 0 Å². The Bertz CT molecular complexity index is 612. The molecule has 2 N–H and O–H groups in total. The van der Waals surface area contributed by atoms with Gasteiger partial charge in [0, 0.05) is 23.8 Å². The minimum Gasteiger partial charge on any atom is -0.363 e. The van der Waals surface area contributed by atoms with Crippen molar-refractivity contribution in [3.8, 4) is 0 Å². The fraction of sp³-hybridized carbons (Fsp3) is 0.333. The molecule has 21 heavy (non-hydrogen) atoms. The Labute approximate surface area is 131 Å². The molecule has 0 bridgehead atoms. The van der Waals surface area contributed by atoms with Crippen molar-refractivity contribution < 1.29 is 0 Å². The maximum atomic E-state index is 6.16. The second kappa shape index (κ2) is 6.50. The summed E-state index contributed by atoms with van der Waals surface area (Å²) in [7, 11) is 0. The topological polar surface area (TPSA) is 29.3 Å². The van der Waals surface area contributed by atoms with E-state index < -0.39 is 0 Å². The first-order valence-corrected chi connectivity index (χ1v) is 7.97. The van der Waals surface area contributed by atoms with E-state index >= 15 is 0 Å². The number of anilines is 1. The summed E-state index contributed by atoms with van der Waals surface area (Å²) in [5.41, 5.74) is 10.1. The van der Waals surface area contributed by atoms with Crippen LogP contribution in [0.1, 0.15) is 30.0 Å². The van der Waals surface area contributed by atoms with Crippen molar-refractivity contribution in [1.82, 2.24) is 0 Å². The largest absolute Gasteiger partial charge is 0.363 e. The van der Waals surface area contributed by atoms with Crippen LogP contribution in [-0.4, -0.2) is 13.1 Å². The van der Waals surface area contributed by atoms with E-state index in [0.717, 1.165) is 18.0 Å². The molecule has 0 spiro atoms. The van der Waals surface area contributed by atoms with Crippen LogP contribution in [0, 0.1) is 0 Å². The van der Waals surface area contributed by atoms with Crippen LogP contribution in [0.25, 0.3) is 0 Å². The number of halogens is 1. The molecule has 2 nitrogen and oxygen atoms in total. The van der Waals surface area contributed by atoms with E-state index in [2.05, 4.69) is 35.2 Å². The monoisotopic (exact) mass is 300 g/mol. The van der Waals surface area contributed by atoms with Crippen LogP contribution >= 0.6 is 11.6 Å². The first-order valence-electron chi connectivity index (χ1n) is 7.59. The van der Waals surface area contributed by atoms with Gasteiger partial charge in [-0.15, -0.1) is 0 Å². The zero-order chi connectivity index (χ0) is 14.7. The Balaban J connectivity index is 2.00. The number of nitrogens with two attached hydrogens (primary N) is 1. The Hall–Kier alpha value is -1.51. The van der Waals surface area contributed by atoms with Gasteiger partial charge in [-0.05, 0) is 48.6 Å².